The minimum Gasteiger partial charge on any atom is -0.356 e. The summed E-state index contributed by atoms with van der Waals surface area (Å²) in [4.78, 5) is 11.9. The molecule has 1 aliphatic carbocycles. The van der Waals surface area contributed by atoms with Crippen molar-refractivity contribution < 1.29 is 4.79 Å². The smallest absolute Gasteiger partial charge is 0.220 e. The Morgan fingerprint density at radius 1 is 1.14 bits per heavy atom. The van der Waals surface area contributed by atoms with Crippen LogP contribution in [0.25, 0.3) is 0 Å². The molecule has 114 valence electrons. The van der Waals surface area contributed by atoms with E-state index in [4.69, 9.17) is 11.6 Å². The van der Waals surface area contributed by atoms with E-state index in [2.05, 4.69) is 29.6 Å². The number of hydrogen-bond acceptors (Lipinski definition) is 1. The molecule has 2 nitrogen and oxygen atoms in total. The second-order valence-corrected chi connectivity index (χ2v) is 6.38. The van der Waals surface area contributed by atoms with Crippen LogP contribution in [0.5, 0.6) is 0 Å². The van der Waals surface area contributed by atoms with Gasteiger partial charge in [0.05, 0.1) is 0 Å². The SMILES string of the molecule is O=C(CCc1cccc(Cl)c1)NCC1CC1c1ccccc1. The third-order valence-electron chi connectivity index (χ3n) is 4.24. The molecular formula is C19H20ClNO. The van der Waals surface area contributed by atoms with Crippen LogP contribution >= 0.6 is 11.6 Å². The summed E-state index contributed by atoms with van der Waals surface area (Å²) in [5.41, 5.74) is 2.50. The largest absolute Gasteiger partial charge is 0.356 e. The van der Waals surface area contributed by atoms with E-state index in [9.17, 15) is 4.79 Å². The van der Waals surface area contributed by atoms with Gasteiger partial charge in [-0.2, -0.15) is 0 Å². The van der Waals surface area contributed by atoms with Crippen LogP contribution in [0.2, 0.25) is 5.02 Å². The zero-order valence-electron chi connectivity index (χ0n) is 12.5. The molecule has 2 atom stereocenters. The molecule has 1 amide bonds. The summed E-state index contributed by atoms with van der Waals surface area (Å²) in [5.74, 6) is 1.34. The van der Waals surface area contributed by atoms with Crippen molar-refractivity contribution in [1.29, 1.82) is 0 Å². The van der Waals surface area contributed by atoms with E-state index < -0.39 is 0 Å². The fraction of sp³-hybridized carbons (Fsp3) is 0.316. The third-order valence-corrected chi connectivity index (χ3v) is 4.48. The van der Waals surface area contributed by atoms with Crippen molar-refractivity contribution in [2.75, 3.05) is 6.54 Å². The van der Waals surface area contributed by atoms with Crippen LogP contribution < -0.4 is 5.32 Å². The van der Waals surface area contributed by atoms with Crippen molar-refractivity contribution >= 4 is 17.5 Å². The number of carbonyl (C=O) groups is 1. The number of amides is 1. The van der Waals surface area contributed by atoms with Crippen molar-refractivity contribution in [3.63, 3.8) is 0 Å². The summed E-state index contributed by atoms with van der Waals surface area (Å²) in [6, 6.07) is 18.2. The highest BCUT2D eigenvalue weighted by Crippen LogP contribution is 2.46. The summed E-state index contributed by atoms with van der Waals surface area (Å²) in [6.07, 6.45) is 2.43. The molecule has 0 aromatic heterocycles. The number of carbonyl (C=O) groups excluding carboxylic acids is 1. The molecule has 2 unspecified atom stereocenters. The van der Waals surface area contributed by atoms with Gasteiger partial charge in [-0.05, 0) is 47.9 Å². The van der Waals surface area contributed by atoms with Crippen molar-refractivity contribution in [3.8, 4) is 0 Å². The Labute approximate surface area is 136 Å². The van der Waals surface area contributed by atoms with Gasteiger partial charge in [0, 0.05) is 18.0 Å². The van der Waals surface area contributed by atoms with E-state index >= 15 is 0 Å². The molecule has 1 saturated carbocycles. The summed E-state index contributed by atoms with van der Waals surface area (Å²) in [5, 5.41) is 3.78. The molecule has 3 rings (SSSR count). The molecule has 2 aromatic carbocycles. The van der Waals surface area contributed by atoms with Gasteiger partial charge in [-0.25, -0.2) is 0 Å². The van der Waals surface area contributed by atoms with Crippen LogP contribution in [0.4, 0.5) is 0 Å². The molecule has 2 aromatic rings. The molecule has 0 bridgehead atoms. The minimum absolute atomic E-state index is 0.124. The fourth-order valence-corrected chi connectivity index (χ4v) is 3.08. The zero-order chi connectivity index (χ0) is 15.4. The Hall–Kier alpha value is -1.80. The van der Waals surface area contributed by atoms with Gasteiger partial charge in [0.1, 0.15) is 0 Å². The summed E-state index contributed by atoms with van der Waals surface area (Å²) >= 11 is 5.94. The molecule has 3 heteroatoms. The second-order valence-electron chi connectivity index (χ2n) is 5.95. The van der Waals surface area contributed by atoms with E-state index in [1.54, 1.807) is 0 Å². The zero-order valence-corrected chi connectivity index (χ0v) is 13.2. The van der Waals surface area contributed by atoms with Gasteiger partial charge in [-0.15, -0.1) is 0 Å². The average Bonchev–Trinajstić information content (AvgIpc) is 3.32. The number of halogens is 1. The first-order valence-corrected chi connectivity index (χ1v) is 8.16. The first-order valence-electron chi connectivity index (χ1n) is 7.78. The summed E-state index contributed by atoms with van der Waals surface area (Å²) in [6.45, 7) is 0.786. The van der Waals surface area contributed by atoms with E-state index in [1.165, 1.54) is 12.0 Å². The van der Waals surface area contributed by atoms with Gasteiger partial charge >= 0.3 is 0 Å². The summed E-state index contributed by atoms with van der Waals surface area (Å²) < 4.78 is 0. The van der Waals surface area contributed by atoms with Crippen LogP contribution in [0.15, 0.2) is 54.6 Å². The Morgan fingerprint density at radius 2 is 1.95 bits per heavy atom. The molecule has 0 spiro atoms. The van der Waals surface area contributed by atoms with Crippen LogP contribution in [0, 0.1) is 5.92 Å². The second kappa shape index (κ2) is 6.97. The molecule has 22 heavy (non-hydrogen) atoms. The van der Waals surface area contributed by atoms with Gasteiger partial charge in [0.25, 0.3) is 0 Å². The summed E-state index contributed by atoms with van der Waals surface area (Å²) in [7, 11) is 0. The third kappa shape index (κ3) is 4.11. The van der Waals surface area contributed by atoms with Crippen molar-refractivity contribution in [2.45, 2.75) is 25.2 Å². The predicted molar refractivity (Wildman–Crippen MR) is 90.1 cm³/mol. The lowest BCUT2D eigenvalue weighted by atomic mass is 10.1. The number of hydrogen-bond donors (Lipinski definition) is 1. The lowest BCUT2D eigenvalue weighted by Gasteiger charge is -2.06. The van der Waals surface area contributed by atoms with E-state index in [-0.39, 0.29) is 5.91 Å². The van der Waals surface area contributed by atoms with Gasteiger partial charge < -0.3 is 5.32 Å². The standard InChI is InChI=1S/C19H20ClNO/c20-17-8-4-5-14(11-17)9-10-19(22)21-13-16-12-18(16)15-6-2-1-3-7-15/h1-8,11,16,18H,9-10,12-13H2,(H,21,22). The van der Waals surface area contributed by atoms with Crippen LogP contribution in [-0.2, 0) is 11.2 Å². The maximum Gasteiger partial charge on any atom is 0.220 e. The number of benzene rings is 2. The lowest BCUT2D eigenvalue weighted by molar-refractivity contribution is -0.121. The van der Waals surface area contributed by atoms with Crippen molar-refractivity contribution in [1.82, 2.24) is 5.32 Å². The molecule has 0 saturated heterocycles. The van der Waals surface area contributed by atoms with Crippen LogP contribution in [0.3, 0.4) is 0 Å². The highest BCUT2D eigenvalue weighted by atomic mass is 35.5. The minimum atomic E-state index is 0.124. The maximum absolute atomic E-state index is 11.9. The fourth-order valence-electron chi connectivity index (χ4n) is 2.87. The highest BCUT2D eigenvalue weighted by Gasteiger charge is 2.37. The van der Waals surface area contributed by atoms with Crippen molar-refractivity contribution in [3.05, 3.63) is 70.7 Å². The molecule has 1 fully saturated rings. The molecule has 1 aliphatic rings. The number of nitrogens with one attached hydrogen (secondary N) is 1. The predicted octanol–water partition coefficient (Wildman–Crippen LogP) is 4.19. The van der Waals surface area contributed by atoms with E-state index in [0.29, 0.717) is 18.3 Å². The molecule has 0 heterocycles. The van der Waals surface area contributed by atoms with Crippen LogP contribution in [-0.4, -0.2) is 12.5 Å². The first-order chi connectivity index (χ1) is 10.7. The highest BCUT2D eigenvalue weighted by molar-refractivity contribution is 6.30. The van der Waals surface area contributed by atoms with Gasteiger partial charge in [-0.1, -0.05) is 54.1 Å². The average molecular weight is 314 g/mol. The topological polar surface area (TPSA) is 29.1 Å². The number of aryl methyl sites for hydroxylation is 1. The van der Waals surface area contributed by atoms with Gasteiger partial charge in [0.15, 0.2) is 0 Å². The molecule has 1 N–H and O–H groups in total. The normalized spacial score (nSPS) is 19.7. The van der Waals surface area contributed by atoms with Gasteiger partial charge in [0.2, 0.25) is 5.91 Å². The Morgan fingerprint density at radius 3 is 2.73 bits per heavy atom. The quantitative estimate of drug-likeness (QED) is 0.851. The molecule has 0 aliphatic heterocycles. The monoisotopic (exact) mass is 313 g/mol. The van der Waals surface area contributed by atoms with Crippen molar-refractivity contribution in [2.24, 2.45) is 5.92 Å². The maximum atomic E-state index is 11.9. The Balaban J connectivity index is 1.39. The Kier molecular flexibility index (Phi) is 4.79. The van der Waals surface area contributed by atoms with E-state index in [1.807, 2.05) is 30.3 Å². The molecular weight excluding hydrogens is 294 g/mol. The van der Waals surface area contributed by atoms with Crippen LogP contribution in [0.1, 0.15) is 29.9 Å². The number of rotatable bonds is 6. The Bertz CT molecular complexity index is 641. The molecule has 0 radical (unpaired) electrons. The van der Waals surface area contributed by atoms with E-state index in [0.717, 1.165) is 23.6 Å². The lowest BCUT2D eigenvalue weighted by Crippen LogP contribution is -2.26. The first kappa shape index (κ1) is 15.1. The van der Waals surface area contributed by atoms with Gasteiger partial charge in [-0.3, -0.25) is 4.79 Å².